The van der Waals surface area contributed by atoms with Gasteiger partial charge >= 0.3 is 0 Å². The van der Waals surface area contributed by atoms with E-state index in [2.05, 4.69) is 28.2 Å². The highest BCUT2D eigenvalue weighted by Crippen LogP contribution is 2.33. The second-order valence-corrected chi connectivity index (χ2v) is 5.28. The molecular weight excluding hydrogens is 310 g/mol. The van der Waals surface area contributed by atoms with E-state index < -0.39 is 0 Å². The summed E-state index contributed by atoms with van der Waals surface area (Å²) in [6, 6.07) is 3.87. The van der Waals surface area contributed by atoms with Crippen LogP contribution in [-0.2, 0) is 6.54 Å². The van der Waals surface area contributed by atoms with Gasteiger partial charge in [-0.1, -0.05) is 22.9 Å². The standard InChI is InChI=1S/C14H22BrNO3/c1-4-5-19-14-7-12(15)11(6-13(14)18-3)9-16-8-10(2)17/h6-7,10,16-17H,4-5,8-9H2,1-3H3. The maximum atomic E-state index is 9.22. The Morgan fingerprint density at radius 3 is 2.68 bits per heavy atom. The predicted molar refractivity (Wildman–Crippen MR) is 79.9 cm³/mol. The molecule has 0 heterocycles. The number of hydrogen-bond acceptors (Lipinski definition) is 4. The van der Waals surface area contributed by atoms with Crippen molar-refractivity contribution in [2.75, 3.05) is 20.3 Å². The van der Waals surface area contributed by atoms with Crippen molar-refractivity contribution >= 4 is 15.9 Å². The summed E-state index contributed by atoms with van der Waals surface area (Å²) in [4.78, 5) is 0. The number of methoxy groups -OCH3 is 1. The minimum Gasteiger partial charge on any atom is -0.493 e. The van der Waals surface area contributed by atoms with Crippen molar-refractivity contribution in [3.8, 4) is 11.5 Å². The van der Waals surface area contributed by atoms with E-state index in [1.54, 1.807) is 14.0 Å². The van der Waals surface area contributed by atoms with Crippen LogP contribution in [0.15, 0.2) is 16.6 Å². The SMILES string of the molecule is CCCOc1cc(Br)c(CNCC(C)O)cc1OC. The third-order valence-electron chi connectivity index (χ3n) is 2.55. The molecule has 0 fully saturated rings. The fourth-order valence-electron chi connectivity index (χ4n) is 1.61. The Morgan fingerprint density at radius 1 is 1.37 bits per heavy atom. The minimum atomic E-state index is -0.354. The molecule has 5 heteroatoms. The van der Waals surface area contributed by atoms with Gasteiger partial charge in [0, 0.05) is 17.6 Å². The van der Waals surface area contributed by atoms with Crippen LogP contribution in [0.25, 0.3) is 0 Å². The van der Waals surface area contributed by atoms with E-state index in [4.69, 9.17) is 9.47 Å². The number of aliphatic hydroxyl groups excluding tert-OH is 1. The zero-order chi connectivity index (χ0) is 14.3. The van der Waals surface area contributed by atoms with Crippen molar-refractivity contribution in [3.05, 3.63) is 22.2 Å². The number of halogens is 1. The van der Waals surface area contributed by atoms with Gasteiger partial charge in [0.15, 0.2) is 11.5 Å². The number of aliphatic hydroxyl groups is 1. The summed E-state index contributed by atoms with van der Waals surface area (Å²) in [5, 5.41) is 12.4. The van der Waals surface area contributed by atoms with Crippen molar-refractivity contribution in [3.63, 3.8) is 0 Å². The third-order valence-corrected chi connectivity index (χ3v) is 3.29. The van der Waals surface area contributed by atoms with Crippen molar-refractivity contribution < 1.29 is 14.6 Å². The quantitative estimate of drug-likeness (QED) is 0.769. The Bertz CT molecular complexity index is 397. The van der Waals surface area contributed by atoms with Gasteiger partial charge in [0.25, 0.3) is 0 Å². The lowest BCUT2D eigenvalue weighted by atomic mass is 10.2. The van der Waals surface area contributed by atoms with Crippen LogP contribution in [0.2, 0.25) is 0 Å². The molecule has 0 aliphatic heterocycles. The van der Waals surface area contributed by atoms with Crippen LogP contribution in [0.5, 0.6) is 11.5 Å². The molecule has 0 radical (unpaired) electrons. The molecule has 0 aliphatic rings. The summed E-state index contributed by atoms with van der Waals surface area (Å²) in [6.45, 7) is 5.71. The average Bonchev–Trinajstić information content (AvgIpc) is 2.38. The molecule has 2 N–H and O–H groups in total. The molecule has 0 saturated carbocycles. The van der Waals surface area contributed by atoms with Gasteiger partial charge in [-0.3, -0.25) is 0 Å². The summed E-state index contributed by atoms with van der Waals surface area (Å²) in [5.74, 6) is 1.47. The first-order valence-electron chi connectivity index (χ1n) is 6.46. The lowest BCUT2D eigenvalue weighted by Crippen LogP contribution is -2.24. The van der Waals surface area contributed by atoms with Gasteiger partial charge in [-0.25, -0.2) is 0 Å². The molecule has 1 aromatic carbocycles. The summed E-state index contributed by atoms with van der Waals surface area (Å²) in [7, 11) is 1.63. The maximum Gasteiger partial charge on any atom is 0.162 e. The van der Waals surface area contributed by atoms with Gasteiger partial charge < -0.3 is 19.9 Å². The molecule has 0 saturated heterocycles. The molecule has 4 nitrogen and oxygen atoms in total. The highest BCUT2D eigenvalue weighted by molar-refractivity contribution is 9.10. The van der Waals surface area contributed by atoms with E-state index in [1.165, 1.54) is 0 Å². The van der Waals surface area contributed by atoms with Crippen molar-refractivity contribution in [1.29, 1.82) is 0 Å². The summed E-state index contributed by atoms with van der Waals surface area (Å²) in [6.07, 6.45) is 0.603. The molecule has 19 heavy (non-hydrogen) atoms. The molecule has 1 rings (SSSR count). The van der Waals surface area contributed by atoms with Crippen LogP contribution < -0.4 is 14.8 Å². The molecule has 1 unspecified atom stereocenters. The Kier molecular flexibility index (Phi) is 7.20. The molecule has 0 spiro atoms. The lowest BCUT2D eigenvalue weighted by Gasteiger charge is -2.14. The normalized spacial score (nSPS) is 12.3. The highest BCUT2D eigenvalue weighted by Gasteiger charge is 2.10. The first-order chi connectivity index (χ1) is 9.08. The summed E-state index contributed by atoms with van der Waals surface area (Å²) >= 11 is 3.53. The van der Waals surface area contributed by atoms with E-state index >= 15 is 0 Å². The Balaban J connectivity index is 2.77. The van der Waals surface area contributed by atoms with Gasteiger partial charge in [0.2, 0.25) is 0 Å². The molecule has 0 aliphatic carbocycles. The molecule has 108 valence electrons. The predicted octanol–water partition coefficient (Wildman–Crippen LogP) is 2.72. The van der Waals surface area contributed by atoms with Crippen molar-refractivity contribution in [1.82, 2.24) is 5.32 Å². The Hall–Kier alpha value is -0.780. The molecule has 0 amide bonds. The Morgan fingerprint density at radius 2 is 2.11 bits per heavy atom. The van der Waals surface area contributed by atoms with Crippen LogP contribution in [0.1, 0.15) is 25.8 Å². The third kappa shape index (κ3) is 5.38. The van der Waals surface area contributed by atoms with Gasteiger partial charge in [0.1, 0.15) is 0 Å². The molecular formula is C14H22BrNO3. The van der Waals surface area contributed by atoms with Crippen LogP contribution >= 0.6 is 15.9 Å². The largest absolute Gasteiger partial charge is 0.493 e. The van der Waals surface area contributed by atoms with Crippen LogP contribution in [0.3, 0.4) is 0 Å². The minimum absolute atomic E-state index is 0.354. The van der Waals surface area contributed by atoms with Gasteiger partial charge in [-0.05, 0) is 31.0 Å². The monoisotopic (exact) mass is 331 g/mol. The van der Waals surface area contributed by atoms with Gasteiger partial charge in [0.05, 0.1) is 19.8 Å². The second-order valence-electron chi connectivity index (χ2n) is 4.42. The smallest absolute Gasteiger partial charge is 0.162 e. The van der Waals surface area contributed by atoms with Crippen molar-refractivity contribution in [2.45, 2.75) is 32.9 Å². The topological polar surface area (TPSA) is 50.7 Å². The first-order valence-corrected chi connectivity index (χ1v) is 7.25. The van der Waals surface area contributed by atoms with E-state index in [0.717, 1.165) is 28.0 Å². The van der Waals surface area contributed by atoms with E-state index in [9.17, 15) is 5.11 Å². The zero-order valence-electron chi connectivity index (χ0n) is 11.7. The molecule has 1 aromatic rings. The summed E-state index contributed by atoms with van der Waals surface area (Å²) < 4.78 is 12.0. The van der Waals surface area contributed by atoms with Crippen molar-refractivity contribution in [2.24, 2.45) is 0 Å². The van der Waals surface area contributed by atoms with E-state index in [0.29, 0.717) is 19.7 Å². The molecule has 1 atom stereocenters. The summed E-state index contributed by atoms with van der Waals surface area (Å²) in [5.41, 5.74) is 1.07. The molecule has 0 bridgehead atoms. The number of hydrogen-bond donors (Lipinski definition) is 2. The molecule has 0 aromatic heterocycles. The fraction of sp³-hybridized carbons (Fsp3) is 0.571. The number of benzene rings is 1. The first kappa shape index (κ1) is 16.3. The van der Waals surface area contributed by atoms with E-state index in [1.807, 2.05) is 12.1 Å². The maximum absolute atomic E-state index is 9.22. The van der Waals surface area contributed by atoms with Gasteiger partial charge in [-0.15, -0.1) is 0 Å². The highest BCUT2D eigenvalue weighted by atomic mass is 79.9. The average molecular weight is 332 g/mol. The fourth-order valence-corrected chi connectivity index (χ4v) is 2.08. The van der Waals surface area contributed by atoms with E-state index in [-0.39, 0.29) is 6.10 Å². The Labute approximate surface area is 123 Å². The van der Waals surface area contributed by atoms with Crippen LogP contribution in [0, 0.1) is 0 Å². The van der Waals surface area contributed by atoms with Gasteiger partial charge in [-0.2, -0.15) is 0 Å². The number of ether oxygens (including phenoxy) is 2. The van der Waals surface area contributed by atoms with Crippen LogP contribution in [0.4, 0.5) is 0 Å². The number of rotatable bonds is 8. The van der Waals surface area contributed by atoms with Crippen LogP contribution in [-0.4, -0.2) is 31.5 Å². The number of nitrogens with one attached hydrogen (secondary N) is 1. The lowest BCUT2D eigenvalue weighted by molar-refractivity contribution is 0.191. The second kappa shape index (κ2) is 8.40. The zero-order valence-corrected chi connectivity index (χ0v) is 13.3.